The maximum Gasteiger partial charge on any atom is 0.257 e. The highest BCUT2D eigenvalue weighted by Crippen LogP contribution is 2.29. The average molecular weight is 415 g/mol. The third-order valence-corrected chi connectivity index (χ3v) is 4.75. The number of thiazole rings is 1. The number of anilines is 2. The van der Waals surface area contributed by atoms with Gasteiger partial charge in [-0.3, -0.25) is 14.9 Å². The average Bonchev–Trinajstić information content (AvgIpc) is 2.95. The van der Waals surface area contributed by atoms with E-state index >= 15 is 0 Å². The van der Waals surface area contributed by atoms with Gasteiger partial charge in [0, 0.05) is 21.3 Å². The zero-order chi connectivity index (χ0) is 18.0. The minimum absolute atomic E-state index is 0.121. The highest BCUT2D eigenvalue weighted by molar-refractivity contribution is 7.22. The SMILES string of the molecule is O=C(CCl)Nc1ccc2nc(NC(=O)c3cc(Cl)cc(Cl)c3)sc2c1. The molecule has 0 saturated heterocycles. The van der Waals surface area contributed by atoms with Crippen molar-refractivity contribution in [2.45, 2.75) is 0 Å². The second kappa shape index (κ2) is 7.58. The number of hydrogen-bond acceptors (Lipinski definition) is 4. The van der Waals surface area contributed by atoms with Gasteiger partial charge in [0.05, 0.1) is 10.2 Å². The Morgan fingerprint density at radius 1 is 1.04 bits per heavy atom. The molecule has 9 heteroatoms. The number of fused-ring (bicyclic) bond motifs is 1. The normalized spacial score (nSPS) is 10.7. The minimum Gasteiger partial charge on any atom is -0.325 e. The molecule has 0 fully saturated rings. The monoisotopic (exact) mass is 413 g/mol. The molecule has 25 heavy (non-hydrogen) atoms. The van der Waals surface area contributed by atoms with Gasteiger partial charge >= 0.3 is 0 Å². The first-order valence-corrected chi connectivity index (χ1v) is 9.09. The van der Waals surface area contributed by atoms with E-state index in [2.05, 4.69) is 15.6 Å². The van der Waals surface area contributed by atoms with Crippen LogP contribution < -0.4 is 10.6 Å². The van der Waals surface area contributed by atoms with Crippen molar-refractivity contribution in [2.24, 2.45) is 0 Å². The van der Waals surface area contributed by atoms with Gasteiger partial charge in [-0.25, -0.2) is 4.98 Å². The van der Waals surface area contributed by atoms with E-state index in [0.717, 1.165) is 4.70 Å². The lowest BCUT2D eigenvalue weighted by Gasteiger charge is -2.02. The summed E-state index contributed by atoms with van der Waals surface area (Å²) in [6, 6.07) is 9.83. The summed E-state index contributed by atoms with van der Waals surface area (Å²) in [6.45, 7) is 0. The highest BCUT2D eigenvalue weighted by Gasteiger charge is 2.12. The Bertz CT molecular complexity index is 954. The molecule has 0 saturated carbocycles. The van der Waals surface area contributed by atoms with Gasteiger partial charge in [-0.2, -0.15) is 0 Å². The van der Waals surface area contributed by atoms with Gasteiger partial charge in [0.2, 0.25) is 5.91 Å². The summed E-state index contributed by atoms with van der Waals surface area (Å²) >= 11 is 18.6. The van der Waals surface area contributed by atoms with Crippen LogP contribution in [0.5, 0.6) is 0 Å². The topological polar surface area (TPSA) is 71.1 Å². The van der Waals surface area contributed by atoms with Crippen LogP contribution in [0.3, 0.4) is 0 Å². The summed E-state index contributed by atoms with van der Waals surface area (Å²) in [5.41, 5.74) is 1.65. The Morgan fingerprint density at radius 2 is 1.76 bits per heavy atom. The molecule has 1 aromatic heterocycles. The lowest BCUT2D eigenvalue weighted by molar-refractivity contribution is -0.113. The van der Waals surface area contributed by atoms with E-state index in [9.17, 15) is 9.59 Å². The number of nitrogens with zero attached hydrogens (tertiary/aromatic N) is 1. The Kier molecular flexibility index (Phi) is 5.44. The predicted octanol–water partition coefficient (Wildman–Crippen LogP) is 5.03. The minimum atomic E-state index is -0.362. The predicted molar refractivity (Wildman–Crippen MR) is 103 cm³/mol. The molecule has 128 valence electrons. The fourth-order valence-corrected chi connectivity index (χ4v) is 3.60. The van der Waals surface area contributed by atoms with Crippen molar-refractivity contribution < 1.29 is 9.59 Å². The molecule has 0 spiro atoms. The highest BCUT2D eigenvalue weighted by atomic mass is 35.5. The van der Waals surface area contributed by atoms with Crippen LogP contribution in [0.2, 0.25) is 10.0 Å². The van der Waals surface area contributed by atoms with Crippen molar-refractivity contribution in [3.8, 4) is 0 Å². The first kappa shape index (κ1) is 17.9. The number of hydrogen-bond donors (Lipinski definition) is 2. The molecule has 0 atom stereocenters. The number of carbonyl (C=O) groups excluding carboxylic acids is 2. The summed E-state index contributed by atoms with van der Waals surface area (Å²) in [5, 5.41) is 6.56. The number of carbonyl (C=O) groups is 2. The molecule has 0 unspecified atom stereocenters. The van der Waals surface area contributed by atoms with E-state index in [1.807, 2.05) is 0 Å². The fraction of sp³-hybridized carbons (Fsp3) is 0.0625. The molecule has 2 amide bonds. The number of benzene rings is 2. The van der Waals surface area contributed by atoms with Crippen LogP contribution in [0.15, 0.2) is 36.4 Å². The largest absolute Gasteiger partial charge is 0.325 e. The van der Waals surface area contributed by atoms with Crippen LogP contribution >= 0.6 is 46.1 Å². The summed E-state index contributed by atoms with van der Waals surface area (Å²) in [5.74, 6) is -0.777. The smallest absolute Gasteiger partial charge is 0.257 e. The van der Waals surface area contributed by atoms with E-state index in [1.54, 1.807) is 24.3 Å². The Morgan fingerprint density at radius 3 is 2.44 bits per heavy atom. The summed E-state index contributed by atoms with van der Waals surface area (Å²) in [7, 11) is 0. The molecule has 0 aliphatic heterocycles. The standard InChI is InChI=1S/C16H10Cl3N3O2S/c17-7-14(23)20-11-1-2-12-13(6-11)25-16(21-12)22-15(24)8-3-9(18)5-10(19)4-8/h1-6H,7H2,(H,20,23)(H,21,22,24). The van der Waals surface area contributed by atoms with Crippen LogP contribution in [-0.4, -0.2) is 22.7 Å². The summed E-state index contributed by atoms with van der Waals surface area (Å²) in [4.78, 5) is 28.0. The third-order valence-electron chi connectivity index (χ3n) is 3.14. The van der Waals surface area contributed by atoms with Crippen molar-refractivity contribution >= 4 is 79.0 Å². The van der Waals surface area contributed by atoms with Crippen LogP contribution in [0.4, 0.5) is 10.8 Å². The van der Waals surface area contributed by atoms with Gasteiger partial charge in [0.15, 0.2) is 5.13 Å². The zero-order valence-electron chi connectivity index (χ0n) is 12.5. The molecule has 1 heterocycles. The molecule has 0 aliphatic carbocycles. The first-order chi connectivity index (χ1) is 11.9. The number of alkyl halides is 1. The lowest BCUT2D eigenvalue weighted by Crippen LogP contribution is -2.12. The number of amides is 2. The molecule has 2 aromatic carbocycles. The third kappa shape index (κ3) is 4.41. The second-order valence-electron chi connectivity index (χ2n) is 5.00. The van der Waals surface area contributed by atoms with E-state index in [-0.39, 0.29) is 17.7 Å². The second-order valence-corrected chi connectivity index (χ2v) is 7.17. The Hall–Kier alpha value is -1.86. The van der Waals surface area contributed by atoms with Gasteiger partial charge in [-0.15, -0.1) is 11.6 Å². The number of rotatable bonds is 4. The van der Waals surface area contributed by atoms with E-state index in [0.29, 0.717) is 31.9 Å². The van der Waals surface area contributed by atoms with Gasteiger partial charge < -0.3 is 5.32 Å². The van der Waals surface area contributed by atoms with Gasteiger partial charge in [0.1, 0.15) is 5.88 Å². The Labute approximate surface area is 161 Å². The van der Waals surface area contributed by atoms with E-state index in [4.69, 9.17) is 34.8 Å². The van der Waals surface area contributed by atoms with Crippen molar-refractivity contribution in [1.29, 1.82) is 0 Å². The molecular weight excluding hydrogens is 405 g/mol. The van der Waals surface area contributed by atoms with Crippen LogP contribution in [0.25, 0.3) is 10.2 Å². The van der Waals surface area contributed by atoms with Gasteiger partial charge in [0.25, 0.3) is 5.91 Å². The van der Waals surface area contributed by atoms with E-state index in [1.165, 1.54) is 23.5 Å². The fourth-order valence-electron chi connectivity index (χ4n) is 2.10. The molecule has 5 nitrogen and oxygen atoms in total. The maximum atomic E-state index is 12.3. The van der Waals surface area contributed by atoms with Crippen LogP contribution in [-0.2, 0) is 4.79 Å². The van der Waals surface area contributed by atoms with Crippen molar-refractivity contribution in [2.75, 3.05) is 16.5 Å². The number of halogens is 3. The first-order valence-electron chi connectivity index (χ1n) is 6.98. The van der Waals surface area contributed by atoms with Gasteiger partial charge in [-0.05, 0) is 36.4 Å². The van der Waals surface area contributed by atoms with Crippen molar-refractivity contribution in [1.82, 2.24) is 4.98 Å². The number of aromatic nitrogens is 1. The number of nitrogens with one attached hydrogen (secondary N) is 2. The van der Waals surface area contributed by atoms with Crippen LogP contribution in [0, 0.1) is 0 Å². The van der Waals surface area contributed by atoms with Crippen LogP contribution in [0.1, 0.15) is 10.4 Å². The van der Waals surface area contributed by atoms with Gasteiger partial charge in [-0.1, -0.05) is 34.5 Å². The molecule has 3 rings (SSSR count). The molecule has 2 N–H and O–H groups in total. The molecule has 0 bridgehead atoms. The molecular formula is C16H10Cl3N3O2S. The summed E-state index contributed by atoms with van der Waals surface area (Å²) < 4.78 is 0.812. The van der Waals surface area contributed by atoms with Crippen molar-refractivity contribution in [3.05, 3.63) is 52.0 Å². The molecule has 0 aliphatic rings. The Balaban J connectivity index is 1.81. The van der Waals surface area contributed by atoms with E-state index < -0.39 is 0 Å². The zero-order valence-corrected chi connectivity index (χ0v) is 15.6. The summed E-state index contributed by atoms with van der Waals surface area (Å²) in [6.07, 6.45) is 0. The molecule has 0 radical (unpaired) electrons. The lowest BCUT2D eigenvalue weighted by atomic mass is 10.2. The molecule has 3 aromatic rings. The maximum absolute atomic E-state index is 12.3. The quantitative estimate of drug-likeness (QED) is 0.588. The van der Waals surface area contributed by atoms with Crippen molar-refractivity contribution in [3.63, 3.8) is 0 Å².